The second kappa shape index (κ2) is 6.80. The number of aryl methyl sites for hydroxylation is 1. The number of benzene rings is 1. The van der Waals surface area contributed by atoms with E-state index in [0.29, 0.717) is 11.6 Å². The van der Waals surface area contributed by atoms with E-state index in [-0.39, 0.29) is 5.82 Å². The number of hydrogen-bond donors (Lipinski definition) is 1. The van der Waals surface area contributed by atoms with E-state index >= 15 is 0 Å². The summed E-state index contributed by atoms with van der Waals surface area (Å²) in [4.78, 5) is 2.42. The fraction of sp³-hybridized carbons (Fsp3) is 0.368. The van der Waals surface area contributed by atoms with Gasteiger partial charge in [0.2, 0.25) is 0 Å². The Morgan fingerprint density at radius 1 is 1.20 bits per heavy atom. The maximum atomic E-state index is 13.9. The van der Waals surface area contributed by atoms with E-state index in [1.165, 1.54) is 17.3 Å². The molecule has 0 spiro atoms. The Morgan fingerprint density at radius 2 is 2.00 bits per heavy atom. The van der Waals surface area contributed by atoms with Gasteiger partial charge in [-0.3, -0.25) is 10.00 Å². The molecule has 0 atom stereocenters. The molecule has 4 rings (SSSR count). The van der Waals surface area contributed by atoms with Crippen molar-refractivity contribution < 1.29 is 4.39 Å². The first-order valence-corrected chi connectivity index (χ1v) is 8.72. The summed E-state index contributed by atoms with van der Waals surface area (Å²) in [6.07, 6.45) is 6.06. The standard InChI is InChI=1S/C19H22FN5/c1-14-17(12-21-22-14)15-6-9-24(10-7-15)13-16-8-11-25(23-16)19-5-3-2-4-18(19)20/h2-5,8,11-12,15H,6-7,9-10,13H2,1H3,(H,21,22). The fourth-order valence-corrected chi connectivity index (χ4v) is 3.62. The van der Waals surface area contributed by atoms with Crippen LogP contribution in [-0.4, -0.2) is 38.0 Å². The van der Waals surface area contributed by atoms with Gasteiger partial charge in [-0.05, 0) is 62.5 Å². The summed E-state index contributed by atoms with van der Waals surface area (Å²) in [5.74, 6) is 0.333. The van der Waals surface area contributed by atoms with Gasteiger partial charge in [0.25, 0.3) is 0 Å². The summed E-state index contributed by atoms with van der Waals surface area (Å²) in [5.41, 5.74) is 4.00. The number of H-pyrrole nitrogens is 1. The zero-order valence-corrected chi connectivity index (χ0v) is 14.3. The van der Waals surface area contributed by atoms with Gasteiger partial charge < -0.3 is 0 Å². The normalized spacial score (nSPS) is 16.4. The number of nitrogens with zero attached hydrogens (tertiary/aromatic N) is 4. The van der Waals surface area contributed by atoms with Crippen molar-refractivity contribution in [3.63, 3.8) is 0 Å². The van der Waals surface area contributed by atoms with Crippen LogP contribution in [-0.2, 0) is 6.54 Å². The quantitative estimate of drug-likeness (QED) is 0.792. The van der Waals surface area contributed by atoms with E-state index in [2.05, 4.69) is 27.1 Å². The van der Waals surface area contributed by atoms with Crippen LogP contribution >= 0.6 is 0 Å². The van der Waals surface area contributed by atoms with Crippen LogP contribution in [0.4, 0.5) is 4.39 Å². The molecule has 6 heteroatoms. The van der Waals surface area contributed by atoms with Crippen LogP contribution in [0, 0.1) is 12.7 Å². The van der Waals surface area contributed by atoms with Crippen molar-refractivity contribution in [3.8, 4) is 5.69 Å². The lowest BCUT2D eigenvalue weighted by Crippen LogP contribution is -2.32. The highest BCUT2D eigenvalue weighted by Crippen LogP contribution is 2.29. The number of likely N-dealkylation sites (tertiary alicyclic amines) is 1. The second-order valence-electron chi connectivity index (χ2n) is 6.70. The van der Waals surface area contributed by atoms with Gasteiger partial charge in [-0.15, -0.1) is 0 Å². The molecule has 3 heterocycles. The third-order valence-electron chi connectivity index (χ3n) is 5.03. The Morgan fingerprint density at radius 3 is 2.72 bits per heavy atom. The Balaban J connectivity index is 1.38. The second-order valence-corrected chi connectivity index (χ2v) is 6.70. The van der Waals surface area contributed by atoms with Gasteiger partial charge in [0, 0.05) is 18.4 Å². The summed E-state index contributed by atoms with van der Waals surface area (Å²) in [7, 11) is 0. The number of aromatic nitrogens is 4. The number of aromatic amines is 1. The average molecular weight is 339 g/mol. The molecule has 0 amide bonds. The third kappa shape index (κ3) is 3.35. The predicted molar refractivity (Wildman–Crippen MR) is 94.1 cm³/mol. The lowest BCUT2D eigenvalue weighted by atomic mass is 9.90. The maximum absolute atomic E-state index is 13.9. The Hall–Kier alpha value is -2.47. The minimum absolute atomic E-state index is 0.256. The van der Waals surface area contributed by atoms with Crippen molar-refractivity contribution in [2.45, 2.75) is 32.2 Å². The zero-order chi connectivity index (χ0) is 17.2. The van der Waals surface area contributed by atoms with Crippen LogP contribution in [0.1, 0.15) is 35.7 Å². The molecule has 3 aromatic rings. The third-order valence-corrected chi connectivity index (χ3v) is 5.03. The molecule has 1 aliphatic rings. The summed E-state index contributed by atoms with van der Waals surface area (Å²) in [5, 5.41) is 11.7. The van der Waals surface area contributed by atoms with E-state index in [9.17, 15) is 4.39 Å². The molecular weight excluding hydrogens is 317 g/mol. The van der Waals surface area contributed by atoms with E-state index in [1.54, 1.807) is 16.8 Å². The van der Waals surface area contributed by atoms with Crippen LogP contribution in [0.5, 0.6) is 0 Å². The van der Waals surface area contributed by atoms with Crippen molar-refractivity contribution in [1.29, 1.82) is 0 Å². The smallest absolute Gasteiger partial charge is 0.148 e. The highest BCUT2D eigenvalue weighted by molar-refractivity contribution is 5.32. The predicted octanol–water partition coefficient (Wildman–Crippen LogP) is 3.42. The van der Waals surface area contributed by atoms with Crippen LogP contribution in [0.25, 0.3) is 5.69 Å². The average Bonchev–Trinajstić information content (AvgIpc) is 3.25. The van der Waals surface area contributed by atoms with Gasteiger partial charge in [0.15, 0.2) is 0 Å². The van der Waals surface area contributed by atoms with Crippen molar-refractivity contribution in [2.24, 2.45) is 0 Å². The first-order valence-electron chi connectivity index (χ1n) is 8.72. The summed E-state index contributed by atoms with van der Waals surface area (Å²) in [6, 6.07) is 8.68. The highest BCUT2D eigenvalue weighted by Gasteiger charge is 2.23. The molecule has 5 nitrogen and oxygen atoms in total. The monoisotopic (exact) mass is 339 g/mol. The van der Waals surface area contributed by atoms with Gasteiger partial charge in [0.05, 0.1) is 11.9 Å². The number of halogens is 1. The lowest BCUT2D eigenvalue weighted by Gasteiger charge is -2.31. The first-order chi connectivity index (χ1) is 12.2. The number of hydrogen-bond acceptors (Lipinski definition) is 3. The largest absolute Gasteiger partial charge is 0.297 e. The Labute approximate surface area is 146 Å². The van der Waals surface area contributed by atoms with Crippen molar-refractivity contribution in [2.75, 3.05) is 13.1 Å². The summed E-state index contributed by atoms with van der Waals surface area (Å²) in [6.45, 7) is 4.98. The molecule has 0 aliphatic carbocycles. The summed E-state index contributed by atoms with van der Waals surface area (Å²) >= 11 is 0. The van der Waals surface area contributed by atoms with Crippen LogP contribution in [0.15, 0.2) is 42.7 Å². The van der Waals surface area contributed by atoms with Crippen LogP contribution < -0.4 is 0 Å². The molecule has 1 aromatic carbocycles. The number of nitrogens with one attached hydrogen (secondary N) is 1. The SMILES string of the molecule is Cc1[nH]ncc1C1CCN(Cc2ccn(-c3ccccc3F)n2)CC1. The van der Waals surface area contributed by atoms with E-state index in [1.807, 2.05) is 24.5 Å². The number of para-hydroxylation sites is 1. The van der Waals surface area contributed by atoms with Crippen molar-refractivity contribution in [3.05, 3.63) is 65.5 Å². The number of rotatable bonds is 4. The molecule has 1 N–H and O–H groups in total. The highest BCUT2D eigenvalue weighted by atomic mass is 19.1. The van der Waals surface area contributed by atoms with Gasteiger partial charge >= 0.3 is 0 Å². The van der Waals surface area contributed by atoms with E-state index in [0.717, 1.165) is 38.2 Å². The molecule has 0 unspecified atom stereocenters. The molecule has 0 saturated carbocycles. The van der Waals surface area contributed by atoms with Crippen LogP contribution in [0.2, 0.25) is 0 Å². The fourth-order valence-electron chi connectivity index (χ4n) is 3.62. The van der Waals surface area contributed by atoms with Gasteiger partial charge in [-0.25, -0.2) is 9.07 Å². The zero-order valence-electron chi connectivity index (χ0n) is 14.3. The van der Waals surface area contributed by atoms with E-state index in [4.69, 9.17) is 0 Å². The molecular formula is C19H22FN5. The Kier molecular flexibility index (Phi) is 4.36. The van der Waals surface area contributed by atoms with Crippen LogP contribution in [0.3, 0.4) is 0 Å². The molecule has 1 aliphatic heterocycles. The van der Waals surface area contributed by atoms with Gasteiger partial charge in [-0.2, -0.15) is 10.2 Å². The topological polar surface area (TPSA) is 49.7 Å². The van der Waals surface area contributed by atoms with Crippen molar-refractivity contribution in [1.82, 2.24) is 24.9 Å². The summed E-state index contributed by atoms with van der Waals surface area (Å²) < 4.78 is 15.5. The molecule has 25 heavy (non-hydrogen) atoms. The molecule has 1 saturated heterocycles. The van der Waals surface area contributed by atoms with Crippen molar-refractivity contribution >= 4 is 0 Å². The van der Waals surface area contributed by atoms with Gasteiger partial charge in [0.1, 0.15) is 11.5 Å². The Bertz CT molecular complexity index is 845. The number of piperidine rings is 1. The van der Waals surface area contributed by atoms with E-state index < -0.39 is 0 Å². The minimum atomic E-state index is -0.256. The molecule has 0 bridgehead atoms. The van der Waals surface area contributed by atoms with Gasteiger partial charge in [-0.1, -0.05) is 12.1 Å². The maximum Gasteiger partial charge on any atom is 0.148 e. The molecule has 2 aromatic heterocycles. The molecule has 1 fully saturated rings. The minimum Gasteiger partial charge on any atom is -0.297 e. The molecule has 0 radical (unpaired) electrons. The first kappa shape index (κ1) is 16.0. The molecule has 130 valence electrons. The lowest BCUT2D eigenvalue weighted by molar-refractivity contribution is 0.202.